The average molecular weight is 658 g/mol. The fourth-order valence-corrected chi connectivity index (χ4v) is 6.99. The van der Waals surface area contributed by atoms with Crippen LogP contribution >= 0.6 is 34.7 Å². The summed E-state index contributed by atoms with van der Waals surface area (Å²) in [5.74, 6) is -1.51. The molecule has 11 heteroatoms. The number of amides is 1. The second-order valence-electron chi connectivity index (χ2n) is 10.2. The highest BCUT2D eigenvalue weighted by molar-refractivity contribution is 8.00. The fraction of sp³-hybridized carbons (Fsp3) is 0.118. The topological polar surface area (TPSA) is 92.6 Å². The number of aromatic nitrogens is 2. The standard InChI is InChI=1S/C34H25ClFN3O4S2/c1-20-7-2-3-8-23(20)18-43-26-15-13-21(14-16-26)30(40)28-29(22-10-6-11-25(35)17-22)39(32(42)31(28)41)33-37-38-34(45-33)44-19-24-9-4-5-12-27(24)36/h2-17,29,40H,18-19H2,1H3. The smallest absolute Gasteiger partial charge is 0.301 e. The Kier molecular flexibility index (Phi) is 8.97. The predicted molar refractivity (Wildman–Crippen MR) is 174 cm³/mol. The maximum atomic E-state index is 14.1. The van der Waals surface area contributed by atoms with E-state index in [0.29, 0.717) is 44.2 Å². The number of rotatable bonds is 9. The van der Waals surface area contributed by atoms with E-state index in [2.05, 4.69) is 10.2 Å². The molecule has 2 heterocycles. The first-order chi connectivity index (χ1) is 21.8. The van der Waals surface area contributed by atoms with Gasteiger partial charge in [-0.3, -0.25) is 14.5 Å². The van der Waals surface area contributed by atoms with E-state index in [1.165, 1.54) is 22.7 Å². The monoisotopic (exact) mass is 657 g/mol. The number of benzene rings is 4. The minimum absolute atomic E-state index is 0.105. The minimum Gasteiger partial charge on any atom is -0.507 e. The lowest BCUT2D eigenvalue weighted by Gasteiger charge is -2.22. The summed E-state index contributed by atoms with van der Waals surface area (Å²) in [6.45, 7) is 2.39. The number of halogens is 2. The molecule has 0 bridgehead atoms. The summed E-state index contributed by atoms with van der Waals surface area (Å²) < 4.78 is 20.5. The van der Waals surface area contributed by atoms with Gasteiger partial charge in [-0.15, -0.1) is 10.2 Å². The van der Waals surface area contributed by atoms with Crippen LogP contribution in [0.1, 0.15) is 33.9 Å². The van der Waals surface area contributed by atoms with Gasteiger partial charge in [-0.1, -0.05) is 89.3 Å². The normalized spacial score (nSPS) is 15.9. The van der Waals surface area contributed by atoms with Gasteiger partial charge in [-0.25, -0.2) is 4.39 Å². The molecule has 1 N–H and O–H groups in total. The van der Waals surface area contributed by atoms with E-state index >= 15 is 0 Å². The number of ether oxygens (including phenoxy) is 1. The van der Waals surface area contributed by atoms with Gasteiger partial charge in [0.25, 0.3) is 5.78 Å². The summed E-state index contributed by atoms with van der Waals surface area (Å²) in [6.07, 6.45) is 0. The molecule has 0 radical (unpaired) electrons. The van der Waals surface area contributed by atoms with Crippen molar-refractivity contribution in [2.24, 2.45) is 0 Å². The van der Waals surface area contributed by atoms with Crippen molar-refractivity contribution in [3.8, 4) is 5.75 Å². The third-order valence-corrected chi connectivity index (χ3v) is 9.64. The van der Waals surface area contributed by atoms with Crippen molar-refractivity contribution in [3.05, 3.63) is 141 Å². The van der Waals surface area contributed by atoms with Crippen LogP contribution in [-0.4, -0.2) is 27.0 Å². The highest BCUT2D eigenvalue weighted by atomic mass is 35.5. The molecule has 45 heavy (non-hydrogen) atoms. The number of carbonyl (C=O) groups is 2. The number of aryl methyl sites for hydroxylation is 1. The van der Waals surface area contributed by atoms with Gasteiger partial charge in [-0.2, -0.15) is 0 Å². The number of ketones is 1. The Hall–Kier alpha value is -4.51. The van der Waals surface area contributed by atoms with Crippen LogP contribution in [0.4, 0.5) is 9.52 Å². The third-order valence-electron chi connectivity index (χ3n) is 7.30. The summed E-state index contributed by atoms with van der Waals surface area (Å²) in [5.41, 5.74) is 3.41. The number of carbonyl (C=O) groups excluding carboxylic acids is 2. The first-order valence-corrected chi connectivity index (χ1v) is 16.0. The number of anilines is 1. The Balaban J connectivity index is 1.31. The molecule has 1 aliphatic rings. The van der Waals surface area contributed by atoms with Crippen molar-refractivity contribution in [2.45, 2.75) is 29.7 Å². The van der Waals surface area contributed by atoms with Crippen LogP contribution in [0.25, 0.3) is 5.76 Å². The summed E-state index contributed by atoms with van der Waals surface area (Å²) in [5, 5.41) is 20.4. The van der Waals surface area contributed by atoms with E-state index in [1.807, 2.05) is 31.2 Å². The van der Waals surface area contributed by atoms with Crippen LogP contribution in [0.3, 0.4) is 0 Å². The summed E-state index contributed by atoms with van der Waals surface area (Å²) >= 11 is 8.67. The Morgan fingerprint density at radius 3 is 2.44 bits per heavy atom. The summed E-state index contributed by atoms with van der Waals surface area (Å²) in [6, 6.07) is 26.7. The van der Waals surface area contributed by atoms with Crippen LogP contribution in [-0.2, 0) is 21.9 Å². The van der Waals surface area contributed by atoms with Gasteiger partial charge in [0.15, 0.2) is 4.34 Å². The Morgan fingerprint density at radius 2 is 1.71 bits per heavy atom. The van der Waals surface area contributed by atoms with Crippen LogP contribution < -0.4 is 9.64 Å². The van der Waals surface area contributed by atoms with Crippen molar-refractivity contribution in [2.75, 3.05) is 4.90 Å². The van der Waals surface area contributed by atoms with Crippen molar-refractivity contribution < 1.29 is 23.8 Å². The largest absolute Gasteiger partial charge is 0.507 e. The molecule has 7 nitrogen and oxygen atoms in total. The van der Waals surface area contributed by atoms with E-state index < -0.39 is 17.7 Å². The molecular weight excluding hydrogens is 633 g/mol. The lowest BCUT2D eigenvalue weighted by Crippen LogP contribution is -2.29. The molecule has 1 fully saturated rings. The average Bonchev–Trinajstić information content (AvgIpc) is 3.62. The molecule has 1 unspecified atom stereocenters. The molecule has 1 atom stereocenters. The van der Waals surface area contributed by atoms with E-state index in [0.717, 1.165) is 22.5 Å². The predicted octanol–water partition coefficient (Wildman–Crippen LogP) is 8.14. The number of Topliss-reactive ketones (excluding diaryl/α,β-unsaturated/α-hetero) is 1. The molecule has 1 aliphatic heterocycles. The highest BCUT2D eigenvalue weighted by Crippen LogP contribution is 2.44. The van der Waals surface area contributed by atoms with Gasteiger partial charge in [0.05, 0.1) is 11.6 Å². The number of thioether (sulfide) groups is 1. The fourth-order valence-electron chi connectivity index (χ4n) is 4.93. The molecule has 1 saturated heterocycles. The van der Waals surface area contributed by atoms with Crippen molar-refractivity contribution in [3.63, 3.8) is 0 Å². The van der Waals surface area contributed by atoms with Gasteiger partial charge in [0, 0.05) is 16.3 Å². The molecule has 1 amide bonds. The van der Waals surface area contributed by atoms with E-state index in [1.54, 1.807) is 66.7 Å². The molecule has 5 aromatic rings. The van der Waals surface area contributed by atoms with Gasteiger partial charge in [-0.05, 0) is 71.6 Å². The lowest BCUT2D eigenvalue weighted by atomic mass is 9.95. The molecule has 4 aromatic carbocycles. The molecule has 0 spiro atoms. The van der Waals surface area contributed by atoms with Crippen molar-refractivity contribution in [1.82, 2.24) is 10.2 Å². The molecule has 6 rings (SSSR count). The molecular formula is C34H25ClFN3O4S2. The SMILES string of the molecule is Cc1ccccc1COc1ccc(C(O)=C2C(=O)C(=O)N(c3nnc(SCc4ccccc4F)s3)C2c2cccc(Cl)c2)cc1. The quantitative estimate of drug-likeness (QED) is 0.0562. The van der Waals surface area contributed by atoms with E-state index in [9.17, 15) is 19.1 Å². The first kappa shape index (κ1) is 30.5. The molecule has 226 valence electrons. The lowest BCUT2D eigenvalue weighted by molar-refractivity contribution is -0.132. The first-order valence-electron chi connectivity index (χ1n) is 13.8. The highest BCUT2D eigenvalue weighted by Gasteiger charge is 2.48. The zero-order valence-electron chi connectivity index (χ0n) is 23.8. The maximum Gasteiger partial charge on any atom is 0.301 e. The molecule has 1 aromatic heterocycles. The van der Waals surface area contributed by atoms with Gasteiger partial charge in [0.1, 0.15) is 23.9 Å². The summed E-state index contributed by atoms with van der Waals surface area (Å²) in [4.78, 5) is 28.3. The number of aliphatic hydroxyl groups excluding tert-OH is 1. The zero-order valence-corrected chi connectivity index (χ0v) is 26.2. The second-order valence-corrected chi connectivity index (χ2v) is 12.8. The van der Waals surface area contributed by atoms with E-state index in [4.69, 9.17) is 16.3 Å². The number of hydrogen-bond acceptors (Lipinski definition) is 8. The second kappa shape index (κ2) is 13.2. The number of hydrogen-bond donors (Lipinski definition) is 1. The van der Waals surface area contributed by atoms with E-state index in [-0.39, 0.29) is 22.3 Å². The maximum absolute atomic E-state index is 14.1. The van der Waals surface area contributed by atoms with Crippen molar-refractivity contribution >= 4 is 57.3 Å². The molecule has 0 saturated carbocycles. The number of aliphatic hydroxyl groups is 1. The van der Waals surface area contributed by atoms with Gasteiger partial charge in [0.2, 0.25) is 5.13 Å². The Labute approximate surface area is 272 Å². The Bertz CT molecular complexity index is 1930. The van der Waals surface area contributed by atoms with Gasteiger partial charge >= 0.3 is 5.91 Å². The van der Waals surface area contributed by atoms with Gasteiger partial charge < -0.3 is 9.84 Å². The van der Waals surface area contributed by atoms with Crippen molar-refractivity contribution in [1.29, 1.82) is 0 Å². The van der Waals surface area contributed by atoms with Crippen LogP contribution in [0.2, 0.25) is 5.02 Å². The number of nitrogens with zero attached hydrogens (tertiary/aromatic N) is 3. The third kappa shape index (κ3) is 6.49. The minimum atomic E-state index is -1.02. The van der Waals surface area contributed by atoms with Crippen LogP contribution in [0, 0.1) is 12.7 Å². The molecule has 0 aliphatic carbocycles. The van der Waals surface area contributed by atoms with Crippen LogP contribution in [0.15, 0.2) is 107 Å². The zero-order chi connectivity index (χ0) is 31.5. The van der Waals surface area contributed by atoms with Crippen LogP contribution in [0.5, 0.6) is 5.75 Å². The summed E-state index contributed by atoms with van der Waals surface area (Å²) in [7, 11) is 0. The Morgan fingerprint density at radius 1 is 0.978 bits per heavy atom.